The van der Waals surface area contributed by atoms with Gasteiger partial charge in [-0.2, -0.15) is 0 Å². The molecule has 1 unspecified atom stereocenters. The smallest absolute Gasteiger partial charge is 0.244 e. The van der Waals surface area contributed by atoms with Crippen molar-refractivity contribution in [2.75, 3.05) is 26.0 Å². The third kappa shape index (κ3) is 3.82. The molecule has 1 atom stereocenters. The number of nitrogens with one attached hydrogen (secondary N) is 2. The van der Waals surface area contributed by atoms with Crippen molar-refractivity contribution in [2.45, 2.75) is 31.7 Å². The van der Waals surface area contributed by atoms with Crippen LogP contribution in [0.25, 0.3) is 0 Å². The highest BCUT2D eigenvalue weighted by atomic mass is 16.2. The molecule has 0 aromatic heterocycles. The summed E-state index contributed by atoms with van der Waals surface area (Å²) >= 11 is 0. The van der Waals surface area contributed by atoms with Gasteiger partial charge >= 0.3 is 0 Å². The van der Waals surface area contributed by atoms with E-state index in [9.17, 15) is 9.59 Å². The van der Waals surface area contributed by atoms with Gasteiger partial charge in [0.1, 0.15) is 0 Å². The van der Waals surface area contributed by atoms with Gasteiger partial charge in [0.05, 0.1) is 12.0 Å². The van der Waals surface area contributed by atoms with Gasteiger partial charge < -0.3 is 15.5 Å². The molecule has 2 N–H and O–H groups in total. The number of rotatable bonds is 4. The zero-order chi connectivity index (χ0) is 15.5. The zero-order valence-electron chi connectivity index (χ0n) is 12.9. The molecule has 1 heterocycles. The van der Waals surface area contributed by atoms with Crippen LogP contribution in [0.1, 0.15) is 25.3 Å². The third-order valence-corrected chi connectivity index (χ3v) is 3.94. The first-order valence-corrected chi connectivity index (χ1v) is 7.26. The van der Waals surface area contributed by atoms with E-state index in [4.69, 9.17) is 0 Å². The number of likely N-dealkylation sites (N-methyl/N-ethyl adjacent to an activating group) is 1. The summed E-state index contributed by atoms with van der Waals surface area (Å²) in [6.07, 6.45) is 2.25. The predicted molar refractivity (Wildman–Crippen MR) is 83.1 cm³/mol. The molecule has 21 heavy (non-hydrogen) atoms. The molecule has 0 saturated carbocycles. The van der Waals surface area contributed by atoms with Crippen molar-refractivity contribution in [3.63, 3.8) is 0 Å². The molecule has 2 rings (SSSR count). The molecule has 1 fully saturated rings. The van der Waals surface area contributed by atoms with E-state index < -0.39 is 5.54 Å². The number of anilines is 1. The van der Waals surface area contributed by atoms with Crippen molar-refractivity contribution in [1.82, 2.24) is 10.2 Å². The summed E-state index contributed by atoms with van der Waals surface area (Å²) in [6.45, 7) is 2.81. The number of nitrogens with zero attached hydrogens (tertiary/aromatic N) is 1. The quantitative estimate of drug-likeness (QED) is 0.881. The van der Waals surface area contributed by atoms with Gasteiger partial charge in [0, 0.05) is 19.8 Å². The fourth-order valence-electron chi connectivity index (χ4n) is 2.40. The van der Waals surface area contributed by atoms with Crippen molar-refractivity contribution < 1.29 is 9.59 Å². The number of carbonyl (C=O) groups is 2. The molecule has 1 aliphatic heterocycles. The van der Waals surface area contributed by atoms with Crippen LogP contribution in [0.4, 0.5) is 5.69 Å². The highest BCUT2D eigenvalue weighted by Crippen LogP contribution is 2.21. The van der Waals surface area contributed by atoms with Gasteiger partial charge in [-0.3, -0.25) is 9.59 Å². The molecule has 5 nitrogen and oxygen atoms in total. The van der Waals surface area contributed by atoms with Crippen molar-refractivity contribution in [1.29, 1.82) is 0 Å². The van der Waals surface area contributed by atoms with Gasteiger partial charge in [-0.1, -0.05) is 12.1 Å². The van der Waals surface area contributed by atoms with Gasteiger partial charge in [0.15, 0.2) is 0 Å². The van der Waals surface area contributed by atoms with Gasteiger partial charge in [0.25, 0.3) is 0 Å². The molecular formula is C16H23N3O2. The standard InChI is InChI=1S/C16H23N3O2/c1-16(9-4-10-17-16)15(21)18-13-7-5-12(6-8-13)11-14(20)19(2)3/h5-8,17H,4,9-11H2,1-3H3,(H,18,21). The van der Waals surface area contributed by atoms with Gasteiger partial charge in [0.2, 0.25) is 11.8 Å². The van der Waals surface area contributed by atoms with E-state index in [0.29, 0.717) is 6.42 Å². The summed E-state index contributed by atoms with van der Waals surface area (Å²) in [5.74, 6) is 0.0616. The molecule has 5 heteroatoms. The van der Waals surface area contributed by atoms with E-state index in [1.807, 2.05) is 31.2 Å². The molecule has 1 aromatic carbocycles. The van der Waals surface area contributed by atoms with Crippen molar-refractivity contribution in [2.24, 2.45) is 0 Å². The van der Waals surface area contributed by atoms with E-state index >= 15 is 0 Å². The van der Waals surface area contributed by atoms with E-state index in [1.165, 1.54) is 0 Å². The minimum atomic E-state index is -0.473. The van der Waals surface area contributed by atoms with E-state index in [1.54, 1.807) is 19.0 Å². The van der Waals surface area contributed by atoms with Crippen LogP contribution in [0, 0.1) is 0 Å². The zero-order valence-corrected chi connectivity index (χ0v) is 12.9. The molecule has 1 aliphatic rings. The number of benzene rings is 1. The summed E-state index contributed by atoms with van der Waals surface area (Å²) in [7, 11) is 3.48. The third-order valence-electron chi connectivity index (χ3n) is 3.94. The average Bonchev–Trinajstić information content (AvgIpc) is 2.89. The molecule has 1 saturated heterocycles. The number of amides is 2. The summed E-state index contributed by atoms with van der Waals surface area (Å²) in [5.41, 5.74) is 1.23. The topological polar surface area (TPSA) is 61.4 Å². The van der Waals surface area contributed by atoms with Gasteiger partial charge in [-0.25, -0.2) is 0 Å². The van der Waals surface area contributed by atoms with Crippen molar-refractivity contribution in [3.8, 4) is 0 Å². The maximum Gasteiger partial charge on any atom is 0.244 e. The first kappa shape index (κ1) is 15.5. The Bertz CT molecular complexity index is 517. The maximum absolute atomic E-state index is 12.3. The molecule has 0 spiro atoms. The second-order valence-electron chi connectivity index (χ2n) is 5.98. The fraction of sp³-hybridized carbons (Fsp3) is 0.500. The Hall–Kier alpha value is -1.88. The molecule has 0 aliphatic carbocycles. The second kappa shape index (κ2) is 6.26. The number of hydrogen-bond donors (Lipinski definition) is 2. The van der Waals surface area contributed by atoms with Crippen molar-refractivity contribution >= 4 is 17.5 Å². The second-order valence-corrected chi connectivity index (χ2v) is 5.98. The first-order chi connectivity index (χ1) is 9.90. The summed E-state index contributed by atoms with van der Waals surface area (Å²) in [6, 6.07) is 7.44. The first-order valence-electron chi connectivity index (χ1n) is 7.26. The molecule has 0 radical (unpaired) electrons. The summed E-state index contributed by atoms with van der Waals surface area (Å²) in [5, 5.41) is 6.17. The monoisotopic (exact) mass is 289 g/mol. The minimum Gasteiger partial charge on any atom is -0.349 e. The van der Waals surface area contributed by atoms with Gasteiger partial charge in [-0.15, -0.1) is 0 Å². The normalized spacial score (nSPS) is 21.1. The van der Waals surface area contributed by atoms with Crippen LogP contribution in [0.15, 0.2) is 24.3 Å². The van der Waals surface area contributed by atoms with E-state index in [-0.39, 0.29) is 11.8 Å². The Morgan fingerprint density at radius 3 is 2.48 bits per heavy atom. The van der Waals surface area contributed by atoms with Crippen LogP contribution < -0.4 is 10.6 Å². The lowest BCUT2D eigenvalue weighted by Gasteiger charge is -2.23. The Labute approximate surface area is 125 Å². The van der Waals surface area contributed by atoms with Gasteiger partial charge in [-0.05, 0) is 44.0 Å². The lowest BCUT2D eigenvalue weighted by atomic mass is 9.99. The lowest BCUT2D eigenvalue weighted by molar-refractivity contribution is -0.128. The number of carbonyl (C=O) groups excluding carboxylic acids is 2. The molecule has 114 valence electrons. The SMILES string of the molecule is CN(C)C(=O)Cc1ccc(NC(=O)C2(C)CCCN2)cc1. The molecular weight excluding hydrogens is 266 g/mol. The fourth-order valence-corrected chi connectivity index (χ4v) is 2.40. The Balaban J connectivity index is 1.96. The van der Waals surface area contributed by atoms with E-state index in [0.717, 1.165) is 30.6 Å². The van der Waals surface area contributed by atoms with Crippen LogP contribution in [0.3, 0.4) is 0 Å². The highest BCUT2D eigenvalue weighted by molar-refractivity contribution is 5.98. The Kier molecular flexibility index (Phi) is 4.63. The molecule has 0 bridgehead atoms. The Morgan fingerprint density at radius 1 is 1.29 bits per heavy atom. The molecule has 1 aromatic rings. The molecule has 2 amide bonds. The highest BCUT2D eigenvalue weighted by Gasteiger charge is 2.35. The minimum absolute atomic E-state index is 0.00267. The number of hydrogen-bond acceptors (Lipinski definition) is 3. The Morgan fingerprint density at radius 2 is 1.95 bits per heavy atom. The van der Waals surface area contributed by atoms with Crippen molar-refractivity contribution in [3.05, 3.63) is 29.8 Å². The van der Waals surface area contributed by atoms with Crippen LogP contribution >= 0.6 is 0 Å². The van der Waals surface area contributed by atoms with E-state index in [2.05, 4.69) is 10.6 Å². The summed E-state index contributed by atoms with van der Waals surface area (Å²) in [4.78, 5) is 25.5. The predicted octanol–water partition coefficient (Wildman–Crippen LogP) is 1.40. The summed E-state index contributed by atoms with van der Waals surface area (Å²) < 4.78 is 0. The largest absolute Gasteiger partial charge is 0.349 e. The maximum atomic E-state index is 12.3. The van der Waals surface area contributed by atoms with Crippen LogP contribution in [0.5, 0.6) is 0 Å². The van der Waals surface area contributed by atoms with Crippen LogP contribution in [-0.4, -0.2) is 42.9 Å². The van der Waals surface area contributed by atoms with Crippen LogP contribution in [0.2, 0.25) is 0 Å². The average molecular weight is 289 g/mol. The van der Waals surface area contributed by atoms with Crippen LogP contribution in [-0.2, 0) is 16.0 Å². The lowest BCUT2D eigenvalue weighted by Crippen LogP contribution is -2.47.